The molecule has 0 aromatic heterocycles. The Morgan fingerprint density at radius 3 is 1.09 bits per heavy atom. The van der Waals surface area contributed by atoms with E-state index in [1.165, 1.54) is 51.4 Å². The third kappa shape index (κ3) is 52.7. The Morgan fingerprint density at radius 1 is 0.348 bits per heavy atom. The van der Waals surface area contributed by atoms with Crippen molar-refractivity contribution in [1.82, 2.24) is 0 Å². The fraction of sp³-hybridized carbons (Fsp3) is 0.607. The van der Waals surface area contributed by atoms with E-state index in [4.69, 9.17) is 14.2 Å². The van der Waals surface area contributed by atoms with Crippen molar-refractivity contribution < 1.29 is 23.8 Å². The molecule has 0 saturated carbocycles. The Morgan fingerprint density at radius 2 is 0.682 bits per heavy atom. The summed E-state index contributed by atoms with van der Waals surface area (Å²) in [6, 6.07) is 0. The van der Waals surface area contributed by atoms with Crippen LogP contribution < -0.4 is 0 Å². The van der Waals surface area contributed by atoms with E-state index in [9.17, 15) is 9.59 Å². The number of ether oxygens (including phenoxy) is 3. The van der Waals surface area contributed by atoms with Crippen LogP contribution in [0.5, 0.6) is 0 Å². The second-order valence-electron chi connectivity index (χ2n) is 17.0. The summed E-state index contributed by atoms with van der Waals surface area (Å²) in [6.45, 7) is 7.40. The van der Waals surface area contributed by atoms with Crippen LogP contribution in [0.3, 0.4) is 0 Å². The zero-order chi connectivity index (χ0) is 47.7. The maximum Gasteiger partial charge on any atom is 0.306 e. The minimum Gasteiger partial charge on any atom is -0.462 e. The predicted octanol–water partition coefficient (Wildman–Crippen LogP) is 18.3. The van der Waals surface area contributed by atoms with Gasteiger partial charge < -0.3 is 14.2 Å². The van der Waals surface area contributed by atoms with Crippen molar-refractivity contribution in [2.75, 3.05) is 19.8 Å². The molecule has 66 heavy (non-hydrogen) atoms. The molecule has 0 bridgehead atoms. The summed E-state index contributed by atoms with van der Waals surface area (Å²) in [5, 5.41) is 0. The molecule has 5 nitrogen and oxygen atoms in total. The molecule has 0 fully saturated rings. The predicted molar refractivity (Wildman–Crippen MR) is 288 cm³/mol. The van der Waals surface area contributed by atoms with Crippen LogP contribution in [0.4, 0.5) is 0 Å². The first kappa shape index (κ1) is 62.0. The molecule has 1 unspecified atom stereocenters. The van der Waals surface area contributed by atoms with Gasteiger partial charge in [0, 0.05) is 19.4 Å². The summed E-state index contributed by atoms with van der Waals surface area (Å²) >= 11 is 0. The number of carbonyl (C=O) groups excluding carboxylic acids is 2. The molecule has 0 N–H and O–H groups in total. The molecule has 5 heteroatoms. The van der Waals surface area contributed by atoms with E-state index in [1.807, 2.05) is 0 Å². The first-order valence-corrected chi connectivity index (χ1v) is 26.7. The molecule has 0 spiro atoms. The fourth-order valence-electron chi connectivity index (χ4n) is 6.79. The van der Waals surface area contributed by atoms with E-state index in [2.05, 4.69) is 154 Å². The maximum absolute atomic E-state index is 12.8. The Hall–Kier alpha value is -3.96. The van der Waals surface area contributed by atoms with Crippen LogP contribution in [0, 0.1) is 0 Å². The number of esters is 2. The van der Waals surface area contributed by atoms with Crippen molar-refractivity contribution in [3.63, 3.8) is 0 Å². The van der Waals surface area contributed by atoms with E-state index in [1.54, 1.807) is 0 Å². The van der Waals surface area contributed by atoms with Crippen LogP contribution in [-0.2, 0) is 23.8 Å². The highest BCUT2D eigenvalue weighted by molar-refractivity contribution is 5.70. The molecule has 0 saturated heterocycles. The van der Waals surface area contributed by atoms with Gasteiger partial charge in [-0.1, -0.05) is 225 Å². The normalized spacial score (nSPS) is 13.3. The number of hydrogen-bond acceptors (Lipinski definition) is 5. The zero-order valence-corrected chi connectivity index (χ0v) is 42.7. The number of hydrogen-bond donors (Lipinski definition) is 0. The van der Waals surface area contributed by atoms with Gasteiger partial charge in [-0.3, -0.25) is 9.59 Å². The number of allylic oxidation sites excluding steroid dienone is 22. The van der Waals surface area contributed by atoms with Crippen LogP contribution in [0.15, 0.2) is 134 Å². The smallest absolute Gasteiger partial charge is 0.306 e. The molecule has 372 valence electrons. The molecule has 0 heterocycles. The van der Waals surface area contributed by atoms with Crippen molar-refractivity contribution in [2.45, 2.75) is 219 Å². The van der Waals surface area contributed by atoms with Gasteiger partial charge in [-0.2, -0.15) is 0 Å². The maximum atomic E-state index is 12.8. The second kappa shape index (κ2) is 55.4. The summed E-state index contributed by atoms with van der Waals surface area (Å²) in [5.74, 6) is -0.475. The van der Waals surface area contributed by atoms with Crippen LogP contribution in [0.25, 0.3) is 0 Å². The molecule has 0 aliphatic heterocycles. The first-order chi connectivity index (χ1) is 32.6. The largest absolute Gasteiger partial charge is 0.462 e. The van der Waals surface area contributed by atoms with Gasteiger partial charge in [0.15, 0.2) is 6.10 Å². The van der Waals surface area contributed by atoms with Crippen molar-refractivity contribution >= 4 is 11.9 Å². The zero-order valence-electron chi connectivity index (χ0n) is 42.7. The first-order valence-electron chi connectivity index (χ1n) is 26.7. The minimum atomic E-state index is -0.588. The van der Waals surface area contributed by atoms with Gasteiger partial charge in [-0.15, -0.1) is 0 Å². The number of unbranched alkanes of at least 4 members (excludes halogenated alkanes) is 14. The van der Waals surface area contributed by atoms with E-state index in [-0.39, 0.29) is 25.2 Å². The van der Waals surface area contributed by atoms with Gasteiger partial charge in [0.2, 0.25) is 0 Å². The van der Waals surface area contributed by atoms with Crippen LogP contribution in [0.2, 0.25) is 0 Å². The van der Waals surface area contributed by atoms with Crippen LogP contribution in [-0.4, -0.2) is 37.9 Å². The summed E-state index contributed by atoms with van der Waals surface area (Å²) in [6.07, 6.45) is 79.0. The second-order valence-corrected chi connectivity index (χ2v) is 17.0. The number of carbonyl (C=O) groups is 2. The van der Waals surface area contributed by atoms with E-state index in [0.29, 0.717) is 19.4 Å². The van der Waals surface area contributed by atoms with Gasteiger partial charge in [0.25, 0.3) is 0 Å². The highest BCUT2D eigenvalue weighted by atomic mass is 16.6. The standard InChI is InChI=1S/C61H98O5/c1-4-7-10-13-16-19-22-24-26-28-30-32-34-36-38-41-44-47-50-53-56-64-57-59(66-61(63)55-52-49-46-43-39-21-18-15-12-9-6-3)58-65-60(62)54-51-48-45-42-40-37-35-33-31-29-27-25-23-20-17-14-11-8-5-2/h7-8,10-11,16-17,19-20,24-27,30-33,36-38,40,44,47,59H,4-6,9,12-15,18,21-23,28-29,34-35,39,41-43,45-46,48-58H2,1-3H3/b10-7-,11-8-,19-16-,20-17-,26-24-,27-25-,32-30-,33-31-,38-36-,40-37-,47-44-. The highest BCUT2D eigenvalue weighted by Crippen LogP contribution is 2.13. The lowest BCUT2D eigenvalue weighted by Gasteiger charge is -2.18. The molecule has 0 aromatic rings. The lowest BCUT2D eigenvalue weighted by atomic mass is 10.1. The molecule has 0 rings (SSSR count). The Balaban J connectivity index is 4.42. The topological polar surface area (TPSA) is 61.8 Å². The van der Waals surface area contributed by atoms with Crippen LogP contribution in [0.1, 0.15) is 213 Å². The van der Waals surface area contributed by atoms with Gasteiger partial charge >= 0.3 is 11.9 Å². The number of rotatable bonds is 47. The average Bonchev–Trinajstić information content (AvgIpc) is 3.32. The molecular formula is C61H98O5. The van der Waals surface area contributed by atoms with Crippen molar-refractivity contribution in [2.24, 2.45) is 0 Å². The van der Waals surface area contributed by atoms with Crippen molar-refractivity contribution in [3.05, 3.63) is 134 Å². The lowest BCUT2D eigenvalue weighted by Crippen LogP contribution is -2.30. The van der Waals surface area contributed by atoms with Crippen molar-refractivity contribution in [1.29, 1.82) is 0 Å². The monoisotopic (exact) mass is 911 g/mol. The summed E-state index contributed by atoms with van der Waals surface area (Å²) in [5.41, 5.74) is 0. The summed E-state index contributed by atoms with van der Waals surface area (Å²) < 4.78 is 17.3. The van der Waals surface area contributed by atoms with E-state index >= 15 is 0 Å². The van der Waals surface area contributed by atoms with Crippen LogP contribution >= 0.6 is 0 Å². The molecular weight excluding hydrogens is 813 g/mol. The van der Waals surface area contributed by atoms with E-state index in [0.717, 1.165) is 128 Å². The van der Waals surface area contributed by atoms with Gasteiger partial charge in [-0.05, 0) is 109 Å². The Kier molecular flexibility index (Phi) is 52.0. The average molecular weight is 911 g/mol. The fourth-order valence-corrected chi connectivity index (χ4v) is 6.79. The Labute approximate surface area is 407 Å². The van der Waals surface area contributed by atoms with E-state index < -0.39 is 6.10 Å². The SMILES string of the molecule is CC/C=C\C/C=C\C/C=C\C/C=C\C/C=C\C/C=C\CCCOCC(COC(=O)CCCCC/C=C\C/C=C\C/C=C\C/C=C\C/C=C\CC)OC(=O)CCCCCCCCCCCCC. The molecule has 0 radical (unpaired) electrons. The third-order valence-corrected chi connectivity index (χ3v) is 10.7. The Bertz CT molecular complexity index is 1400. The lowest BCUT2D eigenvalue weighted by molar-refractivity contribution is -0.163. The summed E-state index contributed by atoms with van der Waals surface area (Å²) in [4.78, 5) is 25.4. The minimum absolute atomic E-state index is 0.0377. The summed E-state index contributed by atoms with van der Waals surface area (Å²) in [7, 11) is 0. The molecule has 0 amide bonds. The molecule has 0 aliphatic carbocycles. The van der Waals surface area contributed by atoms with Gasteiger partial charge in [0.05, 0.1) is 6.61 Å². The molecule has 1 atom stereocenters. The third-order valence-electron chi connectivity index (χ3n) is 10.7. The molecule has 0 aliphatic rings. The van der Waals surface area contributed by atoms with Gasteiger partial charge in [-0.25, -0.2) is 0 Å². The molecule has 0 aromatic carbocycles. The van der Waals surface area contributed by atoms with Gasteiger partial charge in [0.1, 0.15) is 6.61 Å². The quantitative estimate of drug-likeness (QED) is 0.0346. The highest BCUT2D eigenvalue weighted by Gasteiger charge is 2.17. The van der Waals surface area contributed by atoms with Crippen molar-refractivity contribution in [3.8, 4) is 0 Å².